The molecule has 2 aliphatic carbocycles. The van der Waals surface area contributed by atoms with Crippen molar-refractivity contribution in [1.82, 2.24) is 10.6 Å². The van der Waals surface area contributed by atoms with Crippen LogP contribution in [-0.2, 0) is 14.6 Å². The lowest BCUT2D eigenvalue weighted by Crippen LogP contribution is -2.51. The van der Waals surface area contributed by atoms with Crippen molar-refractivity contribution < 1.29 is 13.2 Å². The lowest BCUT2D eigenvalue weighted by Gasteiger charge is -2.33. The van der Waals surface area contributed by atoms with Gasteiger partial charge in [-0.25, -0.2) is 8.42 Å². The lowest BCUT2D eigenvalue weighted by atomic mass is 9.93. The summed E-state index contributed by atoms with van der Waals surface area (Å²) in [5.74, 6) is 0.967. The van der Waals surface area contributed by atoms with Crippen molar-refractivity contribution in [2.75, 3.05) is 38.3 Å². The van der Waals surface area contributed by atoms with Crippen LogP contribution >= 0.6 is 0 Å². The van der Waals surface area contributed by atoms with Gasteiger partial charge in [0.25, 0.3) is 0 Å². The van der Waals surface area contributed by atoms with Gasteiger partial charge >= 0.3 is 0 Å². The second-order valence-electron chi connectivity index (χ2n) is 7.29. The highest BCUT2D eigenvalue weighted by atomic mass is 32.2. The van der Waals surface area contributed by atoms with E-state index in [4.69, 9.17) is 4.74 Å². The molecule has 1 aliphatic heterocycles. The molecule has 0 aromatic heterocycles. The van der Waals surface area contributed by atoms with E-state index in [9.17, 15) is 8.42 Å². The first-order valence-corrected chi connectivity index (χ1v) is 10.3. The molecule has 122 valence electrons. The fraction of sp³-hybridized carbons (Fsp3) is 1.00. The van der Waals surface area contributed by atoms with E-state index in [0.29, 0.717) is 23.8 Å². The molecule has 21 heavy (non-hydrogen) atoms. The zero-order valence-corrected chi connectivity index (χ0v) is 13.8. The van der Waals surface area contributed by atoms with E-state index in [2.05, 4.69) is 10.6 Å². The first-order valence-electron chi connectivity index (χ1n) is 8.20. The number of morpholine rings is 1. The molecule has 0 amide bonds. The Morgan fingerprint density at radius 2 is 2.14 bits per heavy atom. The third-order valence-electron chi connectivity index (χ3n) is 5.30. The molecule has 3 fully saturated rings. The molecule has 0 aromatic rings. The molecule has 6 heteroatoms. The Morgan fingerprint density at radius 1 is 1.33 bits per heavy atom. The van der Waals surface area contributed by atoms with Gasteiger partial charge in [0.15, 0.2) is 0 Å². The lowest BCUT2D eigenvalue weighted by molar-refractivity contribution is 0.0522. The highest BCUT2D eigenvalue weighted by molar-refractivity contribution is 7.90. The standard InChI is InChI=1S/C15H28N2O3S/c1-21(18,19)11-15(5-6-15)10-17-13-4-2-3-12(13)14-9-20-8-7-16-14/h12-14,16-17H,2-11H2,1H3. The van der Waals surface area contributed by atoms with E-state index in [1.807, 2.05) is 0 Å². The Labute approximate surface area is 128 Å². The predicted octanol–water partition coefficient (Wildman–Crippen LogP) is 0.558. The molecule has 3 rings (SSSR count). The minimum Gasteiger partial charge on any atom is -0.379 e. The van der Waals surface area contributed by atoms with Crippen molar-refractivity contribution >= 4 is 9.84 Å². The van der Waals surface area contributed by atoms with Crippen molar-refractivity contribution in [3.63, 3.8) is 0 Å². The van der Waals surface area contributed by atoms with Crippen LogP contribution in [0.15, 0.2) is 0 Å². The van der Waals surface area contributed by atoms with E-state index in [-0.39, 0.29) is 5.41 Å². The number of sulfone groups is 1. The fourth-order valence-corrected chi connectivity index (χ4v) is 5.54. The predicted molar refractivity (Wildman–Crippen MR) is 83.1 cm³/mol. The Bertz CT molecular complexity index is 456. The number of nitrogens with one attached hydrogen (secondary N) is 2. The van der Waals surface area contributed by atoms with E-state index >= 15 is 0 Å². The fourth-order valence-electron chi connectivity index (χ4n) is 4.04. The van der Waals surface area contributed by atoms with E-state index in [1.165, 1.54) is 25.5 Å². The molecule has 2 saturated carbocycles. The van der Waals surface area contributed by atoms with E-state index in [0.717, 1.165) is 39.1 Å². The normalized spacial score (nSPS) is 35.8. The molecule has 1 saturated heterocycles. The Kier molecular flexibility index (Phi) is 4.60. The van der Waals surface area contributed by atoms with Crippen LogP contribution in [0, 0.1) is 11.3 Å². The zero-order chi connectivity index (χ0) is 14.9. The molecule has 5 nitrogen and oxygen atoms in total. The van der Waals surface area contributed by atoms with Gasteiger partial charge in [-0.15, -0.1) is 0 Å². The van der Waals surface area contributed by atoms with Crippen LogP contribution in [0.1, 0.15) is 32.1 Å². The van der Waals surface area contributed by atoms with Gasteiger partial charge in [-0.05, 0) is 37.0 Å². The maximum Gasteiger partial charge on any atom is 0.148 e. The van der Waals surface area contributed by atoms with Gasteiger partial charge in [0.05, 0.1) is 19.0 Å². The summed E-state index contributed by atoms with van der Waals surface area (Å²) in [6, 6.07) is 0.977. The quantitative estimate of drug-likeness (QED) is 0.749. The maximum atomic E-state index is 11.5. The Hall–Kier alpha value is -0.170. The SMILES string of the molecule is CS(=O)(=O)CC1(CNC2CCCC2C2COCCN2)CC1. The van der Waals surface area contributed by atoms with Crippen molar-refractivity contribution in [3.05, 3.63) is 0 Å². The van der Waals surface area contributed by atoms with Crippen molar-refractivity contribution in [2.24, 2.45) is 11.3 Å². The van der Waals surface area contributed by atoms with Crippen LogP contribution in [0.5, 0.6) is 0 Å². The minimum atomic E-state index is -2.87. The molecule has 0 spiro atoms. The Morgan fingerprint density at radius 3 is 2.76 bits per heavy atom. The van der Waals surface area contributed by atoms with Gasteiger partial charge in [0.2, 0.25) is 0 Å². The summed E-state index contributed by atoms with van der Waals surface area (Å²) in [6.07, 6.45) is 7.17. The van der Waals surface area contributed by atoms with Gasteiger partial charge in [0, 0.05) is 31.4 Å². The molecule has 1 heterocycles. The number of ether oxygens (including phenoxy) is 1. The Balaban J connectivity index is 1.52. The minimum absolute atomic E-state index is 0.0250. The van der Waals surface area contributed by atoms with Crippen LogP contribution in [0.3, 0.4) is 0 Å². The molecule has 3 unspecified atom stereocenters. The number of hydrogen-bond donors (Lipinski definition) is 2. The summed E-state index contributed by atoms with van der Waals surface area (Å²) in [5.41, 5.74) is 0.0250. The van der Waals surface area contributed by atoms with E-state index in [1.54, 1.807) is 0 Å². The average Bonchev–Trinajstić information content (AvgIpc) is 3.02. The van der Waals surface area contributed by atoms with Gasteiger partial charge in [-0.3, -0.25) is 0 Å². The van der Waals surface area contributed by atoms with Gasteiger partial charge < -0.3 is 15.4 Å². The molecule has 3 atom stereocenters. The molecule has 0 bridgehead atoms. The third kappa shape index (κ3) is 4.18. The second-order valence-corrected chi connectivity index (χ2v) is 9.43. The molecular formula is C15H28N2O3S. The second kappa shape index (κ2) is 6.14. The van der Waals surface area contributed by atoms with Gasteiger partial charge in [-0.2, -0.15) is 0 Å². The van der Waals surface area contributed by atoms with Crippen LogP contribution in [0.4, 0.5) is 0 Å². The monoisotopic (exact) mass is 316 g/mol. The molecule has 2 N–H and O–H groups in total. The van der Waals surface area contributed by atoms with Crippen LogP contribution in [0.25, 0.3) is 0 Å². The van der Waals surface area contributed by atoms with Crippen LogP contribution in [-0.4, -0.2) is 58.8 Å². The summed E-state index contributed by atoms with van der Waals surface area (Å²) in [7, 11) is -2.87. The number of rotatable bonds is 6. The summed E-state index contributed by atoms with van der Waals surface area (Å²) in [5, 5.41) is 7.28. The topological polar surface area (TPSA) is 67.4 Å². The smallest absolute Gasteiger partial charge is 0.148 e. The number of hydrogen-bond acceptors (Lipinski definition) is 5. The van der Waals surface area contributed by atoms with Gasteiger partial charge in [0.1, 0.15) is 9.84 Å². The third-order valence-corrected chi connectivity index (χ3v) is 6.44. The summed E-state index contributed by atoms with van der Waals surface area (Å²) >= 11 is 0. The highest BCUT2D eigenvalue weighted by Crippen LogP contribution is 2.46. The maximum absolute atomic E-state index is 11.5. The highest BCUT2D eigenvalue weighted by Gasteiger charge is 2.46. The summed E-state index contributed by atoms with van der Waals surface area (Å²) < 4.78 is 28.7. The first kappa shape index (κ1) is 15.7. The largest absolute Gasteiger partial charge is 0.379 e. The zero-order valence-electron chi connectivity index (χ0n) is 12.9. The van der Waals surface area contributed by atoms with Crippen LogP contribution in [0.2, 0.25) is 0 Å². The summed E-state index contributed by atoms with van der Waals surface area (Å²) in [4.78, 5) is 0. The molecule has 0 aromatic carbocycles. The molecule has 0 radical (unpaired) electrons. The average molecular weight is 316 g/mol. The van der Waals surface area contributed by atoms with Crippen molar-refractivity contribution in [1.29, 1.82) is 0 Å². The molecular weight excluding hydrogens is 288 g/mol. The van der Waals surface area contributed by atoms with Gasteiger partial charge in [-0.1, -0.05) is 6.42 Å². The molecule has 3 aliphatic rings. The van der Waals surface area contributed by atoms with Crippen molar-refractivity contribution in [3.8, 4) is 0 Å². The van der Waals surface area contributed by atoms with Crippen molar-refractivity contribution in [2.45, 2.75) is 44.2 Å². The van der Waals surface area contributed by atoms with Crippen LogP contribution < -0.4 is 10.6 Å². The first-order chi connectivity index (χ1) is 9.98. The van der Waals surface area contributed by atoms with E-state index < -0.39 is 9.84 Å². The summed E-state index contributed by atoms with van der Waals surface area (Å²) in [6.45, 7) is 3.44.